The highest BCUT2D eigenvalue weighted by Gasteiger charge is 2.28. The number of carbonyl (C=O) groups is 1. The second-order valence-electron chi connectivity index (χ2n) is 4.90. The Labute approximate surface area is 87.2 Å². The van der Waals surface area contributed by atoms with Gasteiger partial charge in [-0.05, 0) is 19.3 Å². The lowest BCUT2D eigenvalue weighted by molar-refractivity contribution is -0.124. The first kappa shape index (κ1) is 11.7. The van der Waals surface area contributed by atoms with Gasteiger partial charge in [0.2, 0.25) is 0 Å². The van der Waals surface area contributed by atoms with Crippen LogP contribution >= 0.6 is 0 Å². The van der Waals surface area contributed by atoms with Crippen molar-refractivity contribution in [2.45, 2.75) is 64.3 Å². The molecule has 1 fully saturated rings. The molecule has 0 amide bonds. The van der Waals surface area contributed by atoms with E-state index >= 15 is 0 Å². The highest BCUT2D eigenvalue weighted by atomic mass is 16.1. The van der Waals surface area contributed by atoms with E-state index in [2.05, 4.69) is 0 Å². The molecular weight excluding hydrogens is 174 g/mol. The summed E-state index contributed by atoms with van der Waals surface area (Å²) in [7, 11) is 0. The Morgan fingerprint density at radius 2 is 1.93 bits per heavy atom. The molecule has 0 aromatic rings. The zero-order valence-electron chi connectivity index (χ0n) is 9.51. The molecule has 1 unspecified atom stereocenters. The van der Waals surface area contributed by atoms with Gasteiger partial charge in [0.25, 0.3) is 0 Å². The molecule has 0 saturated heterocycles. The molecular formula is C12H23NO. The minimum absolute atomic E-state index is 0.256. The van der Waals surface area contributed by atoms with Crippen LogP contribution in [0.1, 0.15) is 58.8 Å². The summed E-state index contributed by atoms with van der Waals surface area (Å²) >= 11 is 0. The number of Topliss-reactive ketones (excluding diaryl/α,β-unsaturated/α-hetero) is 1. The summed E-state index contributed by atoms with van der Waals surface area (Å²) in [5.41, 5.74) is 5.34. The fraction of sp³-hybridized carbons (Fsp3) is 0.917. The number of carbonyl (C=O) groups excluding carboxylic acids is 1. The van der Waals surface area contributed by atoms with Gasteiger partial charge in [-0.3, -0.25) is 4.79 Å². The third-order valence-corrected chi connectivity index (χ3v) is 3.57. The third kappa shape index (κ3) is 3.09. The molecule has 0 aromatic carbocycles. The van der Waals surface area contributed by atoms with Crippen molar-refractivity contribution < 1.29 is 4.79 Å². The van der Waals surface area contributed by atoms with Crippen LogP contribution in [0.15, 0.2) is 0 Å². The molecule has 1 saturated carbocycles. The minimum Gasteiger partial charge on any atom is -0.319 e. The van der Waals surface area contributed by atoms with Crippen molar-refractivity contribution in [3.05, 3.63) is 0 Å². The Hall–Kier alpha value is -0.370. The monoisotopic (exact) mass is 197 g/mol. The summed E-state index contributed by atoms with van der Waals surface area (Å²) in [6.45, 7) is 3.84. The summed E-state index contributed by atoms with van der Waals surface area (Å²) in [5.74, 6) is 0.873. The Balaban J connectivity index is 2.39. The molecule has 1 rings (SSSR count). The fourth-order valence-electron chi connectivity index (χ4n) is 2.08. The largest absolute Gasteiger partial charge is 0.319 e. The van der Waals surface area contributed by atoms with Gasteiger partial charge in [-0.25, -0.2) is 0 Å². The van der Waals surface area contributed by atoms with Crippen LogP contribution in [0, 0.1) is 5.92 Å². The molecule has 1 atom stereocenters. The third-order valence-electron chi connectivity index (χ3n) is 3.57. The van der Waals surface area contributed by atoms with Gasteiger partial charge < -0.3 is 5.73 Å². The highest BCUT2D eigenvalue weighted by Crippen LogP contribution is 2.28. The topological polar surface area (TPSA) is 43.1 Å². The Kier molecular flexibility index (Phi) is 4.11. The zero-order chi connectivity index (χ0) is 10.6. The first-order chi connectivity index (χ1) is 6.56. The minimum atomic E-state index is -0.586. The molecule has 1 aliphatic rings. The van der Waals surface area contributed by atoms with E-state index in [1.807, 2.05) is 13.8 Å². The summed E-state index contributed by atoms with van der Waals surface area (Å²) < 4.78 is 0. The van der Waals surface area contributed by atoms with Crippen molar-refractivity contribution in [1.29, 1.82) is 0 Å². The van der Waals surface area contributed by atoms with E-state index < -0.39 is 5.54 Å². The Morgan fingerprint density at radius 1 is 1.36 bits per heavy atom. The van der Waals surface area contributed by atoms with E-state index in [0.717, 1.165) is 6.42 Å². The summed E-state index contributed by atoms with van der Waals surface area (Å²) in [6, 6.07) is 0. The van der Waals surface area contributed by atoms with Crippen LogP contribution in [0.4, 0.5) is 0 Å². The Morgan fingerprint density at radius 3 is 2.43 bits per heavy atom. The van der Waals surface area contributed by atoms with E-state index in [-0.39, 0.29) is 5.78 Å². The first-order valence-corrected chi connectivity index (χ1v) is 5.88. The first-order valence-electron chi connectivity index (χ1n) is 5.88. The maximum atomic E-state index is 11.8. The van der Waals surface area contributed by atoms with Crippen LogP contribution in [-0.4, -0.2) is 11.3 Å². The summed E-state index contributed by atoms with van der Waals surface area (Å²) in [6.07, 6.45) is 7.85. The standard InChI is InChI=1S/C12H23NO/c1-3-12(2,13)11(14)9-10-7-5-4-6-8-10/h10H,3-9,13H2,1-2H3. The van der Waals surface area contributed by atoms with Crippen LogP contribution in [0.5, 0.6) is 0 Å². The van der Waals surface area contributed by atoms with Gasteiger partial charge in [-0.15, -0.1) is 0 Å². The predicted molar refractivity (Wildman–Crippen MR) is 59.1 cm³/mol. The van der Waals surface area contributed by atoms with E-state index in [4.69, 9.17) is 5.73 Å². The van der Waals surface area contributed by atoms with Gasteiger partial charge in [0.05, 0.1) is 5.54 Å². The van der Waals surface area contributed by atoms with Crippen molar-refractivity contribution in [2.24, 2.45) is 11.7 Å². The SMILES string of the molecule is CCC(C)(N)C(=O)CC1CCCCC1. The van der Waals surface area contributed by atoms with E-state index in [9.17, 15) is 4.79 Å². The second-order valence-corrected chi connectivity index (χ2v) is 4.90. The number of hydrogen-bond acceptors (Lipinski definition) is 2. The lowest BCUT2D eigenvalue weighted by Crippen LogP contribution is -2.45. The number of ketones is 1. The van der Waals surface area contributed by atoms with Crippen LogP contribution < -0.4 is 5.73 Å². The number of nitrogens with two attached hydrogens (primary N) is 1. The molecule has 2 N–H and O–H groups in total. The van der Waals surface area contributed by atoms with Crippen LogP contribution in [0.2, 0.25) is 0 Å². The zero-order valence-corrected chi connectivity index (χ0v) is 9.51. The normalized spacial score (nSPS) is 23.1. The molecule has 2 nitrogen and oxygen atoms in total. The number of rotatable bonds is 4. The van der Waals surface area contributed by atoms with E-state index in [0.29, 0.717) is 12.3 Å². The second kappa shape index (κ2) is 4.92. The van der Waals surface area contributed by atoms with Crippen LogP contribution in [-0.2, 0) is 4.79 Å². The maximum Gasteiger partial charge on any atom is 0.152 e. The lowest BCUT2D eigenvalue weighted by atomic mass is 9.81. The smallest absolute Gasteiger partial charge is 0.152 e. The van der Waals surface area contributed by atoms with E-state index in [1.165, 1.54) is 32.1 Å². The maximum absolute atomic E-state index is 11.8. The van der Waals surface area contributed by atoms with Gasteiger partial charge in [0, 0.05) is 6.42 Å². The molecule has 0 bridgehead atoms. The van der Waals surface area contributed by atoms with Gasteiger partial charge in [0.15, 0.2) is 5.78 Å². The molecule has 0 radical (unpaired) electrons. The van der Waals surface area contributed by atoms with Gasteiger partial charge in [-0.2, -0.15) is 0 Å². The van der Waals surface area contributed by atoms with Gasteiger partial charge in [0.1, 0.15) is 0 Å². The molecule has 0 spiro atoms. The Bertz CT molecular complexity index is 192. The van der Waals surface area contributed by atoms with Crippen molar-refractivity contribution in [2.75, 3.05) is 0 Å². The van der Waals surface area contributed by atoms with Crippen LogP contribution in [0.25, 0.3) is 0 Å². The quantitative estimate of drug-likeness (QED) is 0.753. The molecule has 0 aliphatic heterocycles. The van der Waals surface area contributed by atoms with E-state index in [1.54, 1.807) is 0 Å². The average molecular weight is 197 g/mol. The van der Waals surface area contributed by atoms with Crippen molar-refractivity contribution in [3.8, 4) is 0 Å². The molecule has 0 aromatic heterocycles. The van der Waals surface area contributed by atoms with Crippen LogP contribution in [0.3, 0.4) is 0 Å². The van der Waals surface area contributed by atoms with Gasteiger partial charge >= 0.3 is 0 Å². The molecule has 14 heavy (non-hydrogen) atoms. The van der Waals surface area contributed by atoms with Crippen molar-refractivity contribution >= 4 is 5.78 Å². The highest BCUT2D eigenvalue weighted by molar-refractivity contribution is 5.87. The molecule has 1 aliphatic carbocycles. The molecule has 0 heterocycles. The summed E-state index contributed by atoms with van der Waals surface area (Å²) in [5, 5.41) is 0. The average Bonchev–Trinajstić information content (AvgIpc) is 2.19. The van der Waals surface area contributed by atoms with Crippen molar-refractivity contribution in [3.63, 3.8) is 0 Å². The van der Waals surface area contributed by atoms with Crippen molar-refractivity contribution in [1.82, 2.24) is 0 Å². The summed E-state index contributed by atoms with van der Waals surface area (Å²) in [4.78, 5) is 11.8. The predicted octanol–water partition coefficient (Wildman–Crippen LogP) is 2.65. The number of hydrogen-bond donors (Lipinski definition) is 1. The van der Waals surface area contributed by atoms with Gasteiger partial charge in [-0.1, -0.05) is 39.0 Å². The fourth-order valence-corrected chi connectivity index (χ4v) is 2.08. The molecule has 82 valence electrons. The molecule has 2 heteroatoms. The lowest BCUT2D eigenvalue weighted by Gasteiger charge is -2.26.